The highest BCUT2D eigenvalue weighted by Crippen LogP contribution is 1.93. The fourth-order valence-electron chi connectivity index (χ4n) is 0.727. The smallest absolute Gasteiger partial charge is 0.217 e. The molecule has 3 nitrogen and oxygen atoms in total. The number of amides is 1. The lowest BCUT2D eigenvalue weighted by Crippen LogP contribution is -2.18. The molecule has 1 aromatic rings. The van der Waals surface area contributed by atoms with Crippen LogP contribution < -0.4 is 5.32 Å². The minimum Gasteiger partial charge on any atom is -0.352 e. The third kappa shape index (κ3) is 3.93. The van der Waals surface area contributed by atoms with E-state index < -0.39 is 0 Å². The summed E-state index contributed by atoms with van der Waals surface area (Å²) in [6.07, 6.45) is 3.41. The quantitative estimate of drug-likeness (QED) is 0.753. The fraction of sp³-hybridized carbons (Fsp3) is 0.250. The summed E-state index contributed by atoms with van der Waals surface area (Å²) in [5.41, 5.74) is 1.07. The first-order valence-corrected chi connectivity index (χ1v) is 3.42. The minimum absolute atomic E-state index is 0. The molecular formula is C8H11ClN2O. The first kappa shape index (κ1) is 10.9. The van der Waals surface area contributed by atoms with Gasteiger partial charge in [0.25, 0.3) is 0 Å². The molecule has 1 heterocycles. The van der Waals surface area contributed by atoms with E-state index in [4.69, 9.17) is 0 Å². The van der Waals surface area contributed by atoms with Crippen LogP contribution in [0.25, 0.3) is 0 Å². The number of hydrogen-bond donors (Lipinski definition) is 1. The van der Waals surface area contributed by atoms with E-state index >= 15 is 0 Å². The summed E-state index contributed by atoms with van der Waals surface area (Å²) in [5.74, 6) is -0.0122. The van der Waals surface area contributed by atoms with Crippen LogP contribution >= 0.6 is 12.4 Å². The van der Waals surface area contributed by atoms with Gasteiger partial charge in [0.2, 0.25) is 5.91 Å². The maximum absolute atomic E-state index is 10.5. The van der Waals surface area contributed by atoms with Crippen LogP contribution in [-0.4, -0.2) is 10.9 Å². The summed E-state index contributed by atoms with van der Waals surface area (Å²) in [6, 6.07) is 3.74. The number of nitrogens with one attached hydrogen (secondary N) is 1. The zero-order valence-corrected chi connectivity index (χ0v) is 7.60. The Labute approximate surface area is 77.6 Å². The van der Waals surface area contributed by atoms with Crippen molar-refractivity contribution in [3.8, 4) is 0 Å². The Bertz CT molecular complexity index is 238. The molecule has 0 aliphatic heterocycles. The first-order chi connectivity index (χ1) is 5.29. The zero-order chi connectivity index (χ0) is 8.10. The molecule has 0 saturated heterocycles. The molecule has 1 amide bonds. The Kier molecular flexibility index (Phi) is 5.04. The number of nitrogens with zero attached hydrogens (tertiary/aromatic N) is 1. The lowest BCUT2D eigenvalue weighted by atomic mass is 10.3. The van der Waals surface area contributed by atoms with Crippen molar-refractivity contribution in [3.05, 3.63) is 30.1 Å². The summed E-state index contributed by atoms with van der Waals surface area (Å²) >= 11 is 0. The molecule has 0 fully saturated rings. The lowest BCUT2D eigenvalue weighted by Gasteiger charge is -1.99. The van der Waals surface area contributed by atoms with Crippen LogP contribution in [0.2, 0.25) is 0 Å². The summed E-state index contributed by atoms with van der Waals surface area (Å²) in [7, 11) is 0. The van der Waals surface area contributed by atoms with Gasteiger partial charge in [-0.1, -0.05) is 0 Å². The SMILES string of the molecule is CC(=O)NCc1ccncc1.Cl. The fourth-order valence-corrected chi connectivity index (χ4v) is 0.727. The van der Waals surface area contributed by atoms with Gasteiger partial charge in [0, 0.05) is 25.9 Å². The topological polar surface area (TPSA) is 42.0 Å². The Morgan fingerprint density at radius 1 is 1.50 bits per heavy atom. The van der Waals surface area contributed by atoms with Gasteiger partial charge in [-0.05, 0) is 17.7 Å². The third-order valence-corrected chi connectivity index (χ3v) is 1.29. The number of halogens is 1. The second-order valence-electron chi connectivity index (χ2n) is 2.27. The van der Waals surface area contributed by atoms with Crippen LogP contribution in [0.5, 0.6) is 0 Å². The van der Waals surface area contributed by atoms with Gasteiger partial charge >= 0.3 is 0 Å². The average molecular weight is 187 g/mol. The number of carbonyl (C=O) groups excluding carboxylic acids is 1. The highest BCUT2D eigenvalue weighted by Gasteiger charge is 1.91. The van der Waals surface area contributed by atoms with Gasteiger partial charge in [0.05, 0.1) is 0 Å². The number of pyridine rings is 1. The summed E-state index contributed by atoms with van der Waals surface area (Å²) in [5, 5.41) is 2.70. The molecule has 0 unspecified atom stereocenters. The molecule has 66 valence electrons. The molecule has 0 spiro atoms. The Balaban J connectivity index is 0.00000121. The van der Waals surface area contributed by atoms with Gasteiger partial charge in [-0.15, -0.1) is 12.4 Å². The van der Waals surface area contributed by atoms with E-state index in [1.807, 2.05) is 12.1 Å². The van der Waals surface area contributed by atoms with Gasteiger partial charge in [-0.25, -0.2) is 0 Å². The molecule has 12 heavy (non-hydrogen) atoms. The molecule has 1 aromatic heterocycles. The third-order valence-electron chi connectivity index (χ3n) is 1.29. The van der Waals surface area contributed by atoms with Gasteiger partial charge in [0.15, 0.2) is 0 Å². The minimum atomic E-state index is -0.0122. The number of hydrogen-bond acceptors (Lipinski definition) is 2. The average Bonchev–Trinajstić information content (AvgIpc) is 2.03. The first-order valence-electron chi connectivity index (χ1n) is 3.42. The number of carbonyl (C=O) groups is 1. The van der Waals surface area contributed by atoms with Gasteiger partial charge in [0.1, 0.15) is 0 Å². The van der Waals surface area contributed by atoms with E-state index in [-0.39, 0.29) is 18.3 Å². The standard InChI is InChI=1S/C8H10N2O.ClH/c1-7(11)10-6-8-2-4-9-5-3-8;/h2-5H,6H2,1H3,(H,10,11);1H. The second kappa shape index (κ2) is 5.55. The molecule has 1 rings (SSSR count). The molecule has 0 atom stereocenters. The van der Waals surface area contributed by atoms with Crippen LogP contribution in [0.15, 0.2) is 24.5 Å². The van der Waals surface area contributed by atoms with Crippen molar-refractivity contribution in [2.45, 2.75) is 13.5 Å². The monoisotopic (exact) mass is 186 g/mol. The van der Waals surface area contributed by atoms with E-state index in [1.165, 1.54) is 6.92 Å². The molecule has 0 radical (unpaired) electrons. The molecular weight excluding hydrogens is 176 g/mol. The highest BCUT2D eigenvalue weighted by molar-refractivity contribution is 5.85. The normalized spacial score (nSPS) is 8.42. The van der Waals surface area contributed by atoms with Crippen molar-refractivity contribution in [1.82, 2.24) is 10.3 Å². The Morgan fingerprint density at radius 2 is 2.08 bits per heavy atom. The van der Waals surface area contributed by atoms with Gasteiger partial charge < -0.3 is 5.32 Å². The lowest BCUT2D eigenvalue weighted by molar-refractivity contribution is -0.119. The Hall–Kier alpha value is -1.09. The van der Waals surface area contributed by atoms with Crippen LogP contribution in [0.4, 0.5) is 0 Å². The van der Waals surface area contributed by atoms with Crippen LogP contribution in [0.3, 0.4) is 0 Å². The van der Waals surface area contributed by atoms with E-state index in [0.717, 1.165) is 5.56 Å². The molecule has 0 aliphatic carbocycles. The van der Waals surface area contributed by atoms with Crippen LogP contribution in [0.1, 0.15) is 12.5 Å². The molecule has 0 aromatic carbocycles. The van der Waals surface area contributed by atoms with Crippen molar-refractivity contribution < 1.29 is 4.79 Å². The molecule has 0 saturated carbocycles. The predicted octanol–water partition coefficient (Wildman–Crippen LogP) is 1.14. The second-order valence-corrected chi connectivity index (χ2v) is 2.27. The summed E-state index contributed by atoms with van der Waals surface area (Å²) < 4.78 is 0. The maximum Gasteiger partial charge on any atom is 0.217 e. The summed E-state index contributed by atoms with van der Waals surface area (Å²) in [6.45, 7) is 2.08. The van der Waals surface area contributed by atoms with E-state index in [2.05, 4.69) is 10.3 Å². The van der Waals surface area contributed by atoms with Gasteiger partial charge in [-0.2, -0.15) is 0 Å². The van der Waals surface area contributed by atoms with Gasteiger partial charge in [-0.3, -0.25) is 9.78 Å². The van der Waals surface area contributed by atoms with Crippen LogP contribution in [-0.2, 0) is 11.3 Å². The van der Waals surface area contributed by atoms with Crippen molar-refractivity contribution in [2.24, 2.45) is 0 Å². The van der Waals surface area contributed by atoms with Crippen molar-refractivity contribution in [2.75, 3.05) is 0 Å². The van der Waals surface area contributed by atoms with Crippen molar-refractivity contribution in [1.29, 1.82) is 0 Å². The molecule has 4 heteroatoms. The largest absolute Gasteiger partial charge is 0.352 e. The zero-order valence-electron chi connectivity index (χ0n) is 6.78. The molecule has 1 N–H and O–H groups in total. The molecule has 0 bridgehead atoms. The Morgan fingerprint density at radius 3 is 2.58 bits per heavy atom. The van der Waals surface area contributed by atoms with E-state index in [1.54, 1.807) is 12.4 Å². The summed E-state index contributed by atoms with van der Waals surface area (Å²) in [4.78, 5) is 14.4. The van der Waals surface area contributed by atoms with Crippen LogP contribution in [0, 0.1) is 0 Å². The van der Waals surface area contributed by atoms with Crippen molar-refractivity contribution >= 4 is 18.3 Å². The van der Waals surface area contributed by atoms with Crippen molar-refractivity contribution in [3.63, 3.8) is 0 Å². The number of aromatic nitrogens is 1. The highest BCUT2D eigenvalue weighted by atomic mass is 35.5. The van der Waals surface area contributed by atoms with E-state index in [0.29, 0.717) is 6.54 Å². The molecule has 0 aliphatic rings. The van der Waals surface area contributed by atoms with E-state index in [9.17, 15) is 4.79 Å². The number of rotatable bonds is 2. The maximum atomic E-state index is 10.5. The predicted molar refractivity (Wildman–Crippen MR) is 49.0 cm³/mol.